The highest BCUT2D eigenvalue weighted by molar-refractivity contribution is 7.45. The molecule has 2 atom stereocenters. The van der Waals surface area contributed by atoms with E-state index in [0.29, 0.717) is 17.4 Å². The number of allylic oxidation sites excluding steroid dienone is 8. The van der Waals surface area contributed by atoms with Crippen LogP contribution in [0, 0.1) is 0 Å². The van der Waals surface area contributed by atoms with E-state index in [2.05, 4.69) is 62.5 Å². The molecule has 0 amide bonds. The first-order chi connectivity index (χ1) is 29.5. The largest absolute Gasteiger partial charge is 0.756 e. The summed E-state index contributed by atoms with van der Waals surface area (Å²) in [7, 11) is 1.15. The highest BCUT2D eigenvalue weighted by Gasteiger charge is 2.21. The second-order valence-electron chi connectivity index (χ2n) is 17.8. The van der Waals surface area contributed by atoms with Gasteiger partial charge < -0.3 is 27.9 Å². The zero-order chi connectivity index (χ0) is 45.0. The second kappa shape index (κ2) is 43.2. The average molecular weight is 880 g/mol. The van der Waals surface area contributed by atoms with Crippen LogP contribution in [-0.2, 0) is 32.7 Å². The standard InChI is InChI=1S/C51H94NO8P/c1-6-8-10-12-14-16-18-20-22-24-26-28-30-32-34-36-38-40-42-44-51(54)60-49(48-59-61(55,56)58-46-45-52(3,4)5)47-57-50(53)43-41-39-37-35-33-31-29-27-25-23-21-19-17-15-13-11-9-7-2/h14,16,20,22-23,25-26,28,49H,6-13,15,17-19,21,24,27,29-48H2,1-5H3/b16-14-,22-20-,25-23-,28-26-. The monoisotopic (exact) mass is 880 g/mol. The third-order valence-corrected chi connectivity index (χ3v) is 11.5. The van der Waals surface area contributed by atoms with Crippen LogP contribution in [0.25, 0.3) is 0 Å². The third-order valence-electron chi connectivity index (χ3n) is 10.6. The van der Waals surface area contributed by atoms with Crippen LogP contribution in [0.2, 0.25) is 0 Å². The predicted octanol–water partition coefficient (Wildman–Crippen LogP) is 14.0. The van der Waals surface area contributed by atoms with Gasteiger partial charge in [0.15, 0.2) is 6.10 Å². The van der Waals surface area contributed by atoms with Crippen LogP contribution in [0.15, 0.2) is 48.6 Å². The van der Waals surface area contributed by atoms with Gasteiger partial charge in [-0.3, -0.25) is 14.2 Å². The maximum Gasteiger partial charge on any atom is 0.306 e. The maximum atomic E-state index is 12.7. The lowest BCUT2D eigenvalue weighted by molar-refractivity contribution is -0.870. The van der Waals surface area contributed by atoms with Gasteiger partial charge in [0, 0.05) is 12.8 Å². The Morgan fingerprint density at radius 2 is 0.885 bits per heavy atom. The van der Waals surface area contributed by atoms with Crippen molar-refractivity contribution in [1.29, 1.82) is 0 Å². The molecule has 0 heterocycles. The van der Waals surface area contributed by atoms with E-state index in [-0.39, 0.29) is 26.1 Å². The molecule has 0 bridgehead atoms. The summed E-state index contributed by atoms with van der Waals surface area (Å²) in [6.07, 6.45) is 51.3. The van der Waals surface area contributed by atoms with Crippen molar-refractivity contribution in [3.8, 4) is 0 Å². The number of esters is 2. The van der Waals surface area contributed by atoms with Crippen LogP contribution in [0.4, 0.5) is 0 Å². The van der Waals surface area contributed by atoms with E-state index >= 15 is 0 Å². The number of hydrogen-bond acceptors (Lipinski definition) is 8. The first kappa shape index (κ1) is 59.0. The molecule has 0 saturated carbocycles. The molecular weight excluding hydrogens is 786 g/mol. The maximum absolute atomic E-state index is 12.7. The van der Waals surface area contributed by atoms with Crippen LogP contribution in [-0.4, -0.2) is 70.0 Å². The number of quaternary nitrogens is 1. The Morgan fingerprint density at radius 1 is 0.508 bits per heavy atom. The van der Waals surface area contributed by atoms with Crippen molar-refractivity contribution in [2.45, 2.75) is 219 Å². The SMILES string of the molecule is CCCCC/C=C\C/C=C\C/C=C\CCCCCCCCC(=O)OC(COC(=O)CCCCCCCCC/C=C\CCCCCCCCC)COP(=O)([O-])OCC[N+](C)(C)C. The van der Waals surface area contributed by atoms with Gasteiger partial charge in [-0.05, 0) is 77.0 Å². The van der Waals surface area contributed by atoms with Crippen LogP contribution >= 0.6 is 7.82 Å². The average Bonchev–Trinajstić information content (AvgIpc) is 3.21. The number of nitrogens with zero attached hydrogens (tertiary/aromatic N) is 1. The second-order valence-corrected chi connectivity index (χ2v) is 19.2. The van der Waals surface area contributed by atoms with Gasteiger partial charge in [-0.15, -0.1) is 0 Å². The fraction of sp³-hybridized carbons (Fsp3) is 0.804. The molecule has 0 aliphatic carbocycles. The molecule has 0 aromatic rings. The lowest BCUT2D eigenvalue weighted by Crippen LogP contribution is -2.37. The van der Waals surface area contributed by atoms with Gasteiger partial charge in [-0.2, -0.15) is 0 Å². The minimum atomic E-state index is -4.63. The zero-order valence-corrected chi connectivity index (χ0v) is 41.0. The molecule has 61 heavy (non-hydrogen) atoms. The molecule has 0 N–H and O–H groups in total. The number of ether oxygens (including phenoxy) is 2. The Morgan fingerprint density at radius 3 is 1.36 bits per heavy atom. The Hall–Kier alpha value is -2.03. The number of rotatable bonds is 45. The molecule has 0 fully saturated rings. The van der Waals surface area contributed by atoms with E-state index in [9.17, 15) is 19.0 Å². The van der Waals surface area contributed by atoms with Gasteiger partial charge in [0.05, 0.1) is 27.7 Å². The molecular formula is C51H94NO8P. The van der Waals surface area contributed by atoms with E-state index in [0.717, 1.165) is 83.5 Å². The molecule has 0 saturated heterocycles. The van der Waals surface area contributed by atoms with Crippen LogP contribution in [0.3, 0.4) is 0 Å². The zero-order valence-electron chi connectivity index (χ0n) is 40.1. The molecule has 0 radical (unpaired) electrons. The molecule has 9 nitrogen and oxygen atoms in total. The number of phosphoric ester groups is 1. The molecule has 356 valence electrons. The number of carbonyl (C=O) groups is 2. The molecule has 10 heteroatoms. The first-order valence-corrected chi connectivity index (χ1v) is 26.3. The van der Waals surface area contributed by atoms with Crippen molar-refractivity contribution in [2.75, 3.05) is 47.5 Å². The van der Waals surface area contributed by atoms with Crippen LogP contribution in [0.5, 0.6) is 0 Å². The van der Waals surface area contributed by atoms with Gasteiger partial charge in [0.2, 0.25) is 0 Å². The van der Waals surface area contributed by atoms with Crippen molar-refractivity contribution in [3.63, 3.8) is 0 Å². The summed E-state index contributed by atoms with van der Waals surface area (Å²) >= 11 is 0. The Kier molecular flexibility index (Phi) is 41.8. The Bertz CT molecular complexity index is 1180. The van der Waals surface area contributed by atoms with E-state index in [1.54, 1.807) is 0 Å². The Labute approximate surface area is 375 Å². The normalized spacial score (nSPS) is 13.9. The van der Waals surface area contributed by atoms with Gasteiger partial charge in [-0.1, -0.05) is 172 Å². The summed E-state index contributed by atoms with van der Waals surface area (Å²) in [5, 5.41) is 0. The van der Waals surface area contributed by atoms with Gasteiger partial charge in [-0.25, -0.2) is 0 Å². The summed E-state index contributed by atoms with van der Waals surface area (Å²) < 4.78 is 34.0. The lowest BCUT2D eigenvalue weighted by Gasteiger charge is -2.28. The molecule has 0 aliphatic heterocycles. The van der Waals surface area contributed by atoms with Gasteiger partial charge in [0.25, 0.3) is 7.82 Å². The fourth-order valence-corrected chi connectivity index (χ4v) is 7.38. The fourth-order valence-electron chi connectivity index (χ4n) is 6.66. The smallest absolute Gasteiger partial charge is 0.306 e. The van der Waals surface area contributed by atoms with E-state index in [4.69, 9.17) is 18.5 Å². The van der Waals surface area contributed by atoms with Gasteiger partial charge >= 0.3 is 11.9 Å². The summed E-state index contributed by atoms with van der Waals surface area (Å²) in [5.74, 6) is -0.851. The molecule has 2 unspecified atom stereocenters. The lowest BCUT2D eigenvalue weighted by atomic mass is 10.1. The highest BCUT2D eigenvalue weighted by atomic mass is 31.2. The van der Waals surface area contributed by atoms with Crippen molar-refractivity contribution < 1.29 is 42.1 Å². The summed E-state index contributed by atoms with van der Waals surface area (Å²) in [6.45, 7) is 4.19. The summed E-state index contributed by atoms with van der Waals surface area (Å²) in [6, 6.07) is 0. The number of likely N-dealkylation sites (N-methyl/N-ethyl adjacent to an activating group) is 1. The first-order valence-electron chi connectivity index (χ1n) is 24.8. The van der Waals surface area contributed by atoms with E-state index in [1.165, 1.54) is 96.3 Å². The minimum absolute atomic E-state index is 0.0354. The summed E-state index contributed by atoms with van der Waals surface area (Å²) in [5.41, 5.74) is 0. The minimum Gasteiger partial charge on any atom is -0.756 e. The molecule has 0 aromatic heterocycles. The van der Waals surface area contributed by atoms with Crippen molar-refractivity contribution in [3.05, 3.63) is 48.6 Å². The summed E-state index contributed by atoms with van der Waals surface area (Å²) in [4.78, 5) is 37.7. The quantitative estimate of drug-likeness (QED) is 0.0195. The van der Waals surface area contributed by atoms with E-state index in [1.807, 2.05) is 21.1 Å². The highest BCUT2D eigenvalue weighted by Crippen LogP contribution is 2.38. The number of hydrogen-bond donors (Lipinski definition) is 0. The molecule has 0 spiro atoms. The van der Waals surface area contributed by atoms with Crippen LogP contribution in [0.1, 0.15) is 213 Å². The number of unbranched alkanes of at least 4 members (excludes halogenated alkanes) is 23. The topological polar surface area (TPSA) is 111 Å². The number of phosphoric acid groups is 1. The van der Waals surface area contributed by atoms with Crippen LogP contribution < -0.4 is 4.89 Å². The van der Waals surface area contributed by atoms with Gasteiger partial charge in [0.1, 0.15) is 19.8 Å². The Balaban J connectivity index is 4.32. The predicted molar refractivity (Wildman–Crippen MR) is 254 cm³/mol. The molecule has 0 aliphatic rings. The number of carbonyl (C=O) groups excluding carboxylic acids is 2. The van der Waals surface area contributed by atoms with Crippen molar-refractivity contribution in [2.24, 2.45) is 0 Å². The van der Waals surface area contributed by atoms with Crippen molar-refractivity contribution >= 4 is 19.8 Å². The van der Waals surface area contributed by atoms with E-state index < -0.39 is 32.5 Å². The van der Waals surface area contributed by atoms with Crippen molar-refractivity contribution in [1.82, 2.24) is 0 Å². The third kappa shape index (κ3) is 47.3. The molecule has 0 rings (SSSR count). The molecule has 0 aromatic carbocycles.